The van der Waals surface area contributed by atoms with Crippen molar-refractivity contribution in [3.63, 3.8) is 0 Å². The van der Waals surface area contributed by atoms with Gasteiger partial charge in [0.1, 0.15) is 0 Å². The summed E-state index contributed by atoms with van der Waals surface area (Å²) in [4.78, 5) is 2.63. The van der Waals surface area contributed by atoms with Crippen LogP contribution in [0.15, 0.2) is 0 Å². The molecule has 2 heteroatoms. The van der Waals surface area contributed by atoms with Crippen molar-refractivity contribution in [1.82, 2.24) is 10.2 Å². The van der Waals surface area contributed by atoms with Crippen LogP contribution in [-0.4, -0.2) is 37.1 Å². The van der Waals surface area contributed by atoms with Crippen molar-refractivity contribution in [1.29, 1.82) is 0 Å². The summed E-state index contributed by atoms with van der Waals surface area (Å²) in [5.41, 5.74) is 0. The molecule has 2 unspecified atom stereocenters. The average molecular weight is 184 g/mol. The summed E-state index contributed by atoms with van der Waals surface area (Å²) in [6, 6.07) is 0.751. The molecular formula is C11H24N2. The number of hydrogen-bond donors (Lipinski definition) is 1. The van der Waals surface area contributed by atoms with Crippen LogP contribution in [0.25, 0.3) is 0 Å². The van der Waals surface area contributed by atoms with E-state index in [4.69, 9.17) is 0 Å². The number of nitrogens with zero attached hydrogens (tertiary/aromatic N) is 1. The van der Waals surface area contributed by atoms with E-state index in [2.05, 4.69) is 31.0 Å². The number of hydrogen-bond acceptors (Lipinski definition) is 2. The van der Waals surface area contributed by atoms with Gasteiger partial charge < -0.3 is 10.2 Å². The number of nitrogens with one attached hydrogen (secondary N) is 1. The monoisotopic (exact) mass is 184 g/mol. The van der Waals surface area contributed by atoms with E-state index >= 15 is 0 Å². The normalized spacial score (nSPS) is 23.3. The Morgan fingerprint density at radius 1 is 1.23 bits per heavy atom. The van der Waals surface area contributed by atoms with Crippen molar-refractivity contribution in [2.24, 2.45) is 5.92 Å². The lowest BCUT2D eigenvalue weighted by Gasteiger charge is -2.29. The third-order valence-corrected chi connectivity index (χ3v) is 3.26. The highest BCUT2D eigenvalue weighted by atomic mass is 15.2. The van der Waals surface area contributed by atoms with Gasteiger partial charge in [0.2, 0.25) is 0 Å². The summed E-state index contributed by atoms with van der Waals surface area (Å²) in [5.74, 6) is 0.776. The lowest BCUT2D eigenvalue weighted by atomic mass is 10.0. The van der Waals surface area contributed by atoms with Gasteiger partial charge >= 0.3 is 0 Å². The molecule has 1 saturated heterocycles. The van der Waals surface area contributed by atoms with Crippen molar-refractivity contribution >= 4 is 0 Å². The van der Waals surface area contributed by atoms with E-state index < -0.39 is 0 Å². The molecule has 0 spiro atoms. The molecule has 2 nitrogen and oxygen atoms in total. The van der Waals surface area contributed by atoms with Crippen molar-refractivity contribution in [2.75, 3.05) is 26.2 Å². The van der Waals surface area contributed by atoms with E-state index in [0.717, 1.165) is 25.0 Å². The lowest BCUT2D eigenvalue weighted by molar-refractivity contribution is 0.196. The van der Waals surface area contributed by atoms with Gasteiger partial charge in [0.25, 0.3) is 0 Å². The Morgan fingerprint density at radius 2 is 1.85 bits per heavy atom. The smallest absolute Gasteiger partial charge is 0.0105 e. The Balaban J connectivity index is 2.23. The second-order valence-corrected chi connectivity index (χ2v) is 4.27. The maximum absolute atomic E-state index is 3.43. The van der Waals surface area contributed by atoms with Crippen molar-refractivity contribution < 1.29 is 0 Å². The van der Waals surface area contributed by atoms with Crippen LogP contribution in [0.5, 0.6) is 0 Å². The molecule has 0 radical (unpaired) electrons. The third kappa shape index (κ3) is 3.28. The molecule has 0 aromatic carbocycles. The van der Waals surface area contributed by atoms with Gasteiger partial charge in [0, 0.05) is 6.04 Å². The molecule has 13 heavy (non-hydrogen) atoms. The molecule has 0 saturated carbocycles. The van der Waals surface area contributed by atoms with Crippen molar-refractivity contribution in [3.8, 4) is 0 Å². The standard InChI is InChI=1S/C11H24N2/c1-4-12-9-10(2)11(3)13-7-5-6-8-13/h10-12H,4-9H2,1-3H3. The van der Waals surface area contributed by atoms with Gasteiger partial charge in [0.15, 0.2) is 0 Å². The molecule has 1 fully saturated rings. The van der Waals surface area contributed by atoms with E-state index in [-0.39, 0.29) is 0 Å². The molecule has 1 heterocycles. The average Bonchev–Trinajstić information content (AvgIpc) is 2.65. The van der Waals surface area contributed by atoms with Gasteiger partial charge in [-0.2, -0.15) is 0 Å². The van der Waals surface area contributed by atoms with Crippen molar-refractivity contribution in [3.05, 3.63) is 0 Å². The molecule has 1 aliphatic heterocycles. The molecule has 0 amide bonds. The number of rotatable bonds is 5. The summed E-state index contributed by atoms with van der Waals surface area (Å²) in [5, 5.41) is 3.43. The molecule has 2 atom stereocenters. The Bertz CT molecular complexity index is 130. The van der Waals surface area contributed by atoms with Gasteiger partial charge in [-0.3, -0.25) is 0 Å². The van der Waals surface area contributed by atoms with Crippen LogP contribution < -0.4 is 5.32 Å². The van der Waals surface area contributed by atoms with Crippen LogP contribution in [0, 0.1) is 5.92 Å². The summed E-state index contributed by atoms with van der Waals surface area (Å²) in [7, 11) is 0. The largest absolute Gasteiger partial charge is 0.317 e. The van der Waals surface area contributed by atoms with E-state index in [1.165, 1.54) is 25.9 Å². The first-order valence-electron chi connectivity index (χ1n) is 5.70. The quantitative estimate of drug-likeness (QED) is 0.700. The van der Waals surface area contributed by atoms with Gasteiger partial charge in [-0.15, -0.1) is 0 Å². The summed E-state index contributed by atoms with van der Waals surface area (Å²) in [6.45, 7) is 11.8. The minimum atomic E-state index is 0.751. The second kappa shape index (κ2) is 5.61. The Hall–Kier alpha value is -0.0800. The fourth-order valence-electron chi connectivity index (χ4n) is 2.05. The molecule has 1 rings (SSSR count). The maximum Gasteiger partial charge on any atom is 0.0105 e. The fraction of sp³-hybridized carbons (Fsp3) is 1.00. The molecular weight excluding hydrogens is 160 g/mol. The van der Waals surface area contributed by atoms with Gasteiger partial charge in [-0.25, -0.2) is 0 Å². The van der Waals surface area contributed by atoms with Crippen LogP contribution in [0.4, 0.5) is 0 Å². The third-order valence-electron chi connectivity index (χ3n) is 3.26. The zero-order chi connectivity index (χ0) is 9.68. The van der Waals surface area contributed by atoms with Crippen LogP contribution in [0.1, 0.15) is 33.6 Å². The second-order valence-electron chi connectivity index (χ2n) is 4.27. The van der Waals surface area contributed by atoms with E-state index in [1.807, 2.05) is 0 Å². The molecule has 1 aliphatic rings. The zero-order valence-corrected chi connectivity index (χ0v) is 9.34. The first-order valence-corrected chi connectivity index (χ1v) is 5.70. The van der Waals surface area contributed by atoms with E-state index in [9.17, 15) is 0 Å². The molecule has 0 aromatic heterocycles. The Morgan fingerprint density at radius 3 is 2.38 bits per heavy atom. The predicted molar refractivity (Wildman–Crippen MR) is 58.0 cm³/mol. The number of likely N-dealkylation sites (tertiary alicyclic amines) is 1. The zero-order valence-electron chi connectivity index (χ0n) is 9.34. The Labute approximate surface area is 82.7 Å². The highest BCUT2D eigenvalue weighted by Crippen LogP contribution is 2.16. The van der Waals surface area contributed by atoms with E-state index in [1.54, 1.807) is 0 Å². The summed E-state index contributed by atoms with van der Waals surface area (Å²) in [6.07, 6.45) is 2.80. The lowest BCUT2D eigenvalue weighted by Crippen LogP contribution is -2.39. The van der Waals surface area contributed by atoms with Crippen LogP contribution >= 0.6 is 0 Å². The van der Waals surface area contributed by atoms with Gasteiger partial charge in [-0.1, -0.05) is 13.8 Å². The topological polar surface area (TPSA) is 15.3 Å². The van der Waals surface area contributed by atoms with Gasteiger partial charge in [0.05, 0.1) is 0 Å². The van der Waals surface area contributed by atoms with Crippen LogP contribution in [0.2, 0.25) is 0 Å². The first kappa shape index (κ1) is 11.0. The van der Waals surface area contributed by atoms with Gasteiger partial charge in [-0.05, 0) is 51.9 Å². The highest BCUT2D eigenvalue weighted by Gasteiger charge is 2.22. The van der Waals surface area contributed by atoms with Crippen molar-refractivity contribution in [2.45, 2.75) is 39.7 Å². The van der Waals surface area contributed by atoms with Crippen LogP contribution in [-0.2, 0) is 0 Å². The summed E-state index contributed by atoms with van der Waals surface area (Å²) < 4.78 is 0. The summed E-state index contributed by atoms with van der Waals surface area (Å²) >= 11 is 0. The fourth-order valence-corrected chi connectivity index (χ4v) is 2.05. The van der Waals surface area contributed by atoms with Crippen LogP contribution in [0.3, 0.4) is 0 Å². The highest BCUT2D eigenvalue weighted by molar-refractivity contribution is 4.77. The molecule has 0 aromatic rings. The molecule has 78 valence electrons. The minimum absolute atomic E-state index is 0.751. The molecule has 0 aliphatic carbocycles. The van der Waals surface area contributed by atoms with E-state index in [0.29, 0.717) is 0 Å². The minimum Gasteiger partial charge on any atom is -0.317 e. The maximum atomic E-state index is 3.43. The predicted octanol–water partition coefficient (Wildman–Crippen LogP) is 1.72. The molecule has 0 bridgehead atoms. The first-order chi connectivity index (χ1) is 6.25. The Kier molecular flexibility index (Phi) is 4.74. The SMILES string of the molecule is CCNCC(C)C(C)N1CCCC1. The molecule has 1 N–H and O–H groups in total.